The lowest BCUT2D eigenvalue weighted by Crippen LogP contribution is -2.44. The summed E-state index contributed by atoms with van der Waals surface area (Å²) in [5.41, 5.74) is 3.01. The molecule has 0 fully saturated rings. The molecule has 0 saturated heterocycles. The van der Waals surface area contributed by atoms with Crippen molar-refractivity contribution in [1.29, 1.82) is 0 Å². The number of benzene rings is 1. The number of aryl methyl sites for hydroxylation is 2. The predicted molar refractivity (Wildman–Crippen MR) is 152 cm³/mol. The second-order valence-electron chi connectivity index (χ2n) is 9.97. The third-order valence-corrected chi connectivity index (χ3v) is 6.87. The fraction of sp³-hybridized carbons (Fsp3) is 0.433. The molecular weight excluding hydrogens is 508 g/mol. The Balaban J connectivity index is 1.27. The van der Waals surface area contributed by atoms with E-state index in [4.69, 9.17) is 9.72 Å². The van der Waals surface area contributed by atoms with E-state index in [0.29, 0.717) is 25.3 Å². The van der Waals surface area contributed by atoms with Crippen LogP contribution >= 0.6 is 0 Å². The molecule has 10 heteroatoms. The fourth-order valence-electron chi connectivity index (χ4n) is 4.72. The lowest BCUT2D eigenvalue weighted by atomic mass is 10.1. The number of aromatic nitrogens is 3. The molecule has 1 unspecified atom stereocenters. The van der Waals surface area contributed by atoms with Gasteiger partial charge in [0.15, 0.2) is 0 Å². The zero-order valence-corrected chi connectivity index (χ0v) is 22.8. The SMILES string of the molecule is O=C(Cc1cncnc1)NC(CCN(CCCCc1ccc2c(n1)NCCC2)CCOc1ccccc1)C(=O)O. The quantitative estimate of drug-likeness (QED) is 0.232. The second kappa shape index (κ2) is 15.5. The van der Waals surface area contributed by atoms with Gasteiger partial charge in [0, 0.05) is 37.7 Å². The lowest BCUT2D eigenvalue weighted by molar-refractivity contribution is -0.142. The van der Waals surface area contributed by atoms with E-state index in [-0.39, 0.29) is 18.7 Å². The third kappa shape index (κ3) is 9.60. The number of aliphatic carboxylic acids is 1. The molecule has 212 valence electrons. The van der Waals surface area contributed by atoms with Crippen molar-refractivity contribution in [2.75, 3.05) is 38.1 Å². The van der Waals surface area contributed by atoms with Gasteiger partial charge in [0.25, 0.3) is 0 Å². The monoisotopic (exact) mass is 546 g/mol. The normalized spacial score (nSPS) is 13.2. The zero-order chi connectivity index (χ0) is 28.0. The molecule has 3 aromatic rings. The highest BCUT2D eigenvalue weighted by Crippen LogP contribution is 2.20. The van der Waals surface area contributed by atoms with Crippen molar-refractivity contribution in [1.82, 2.24) is 25.2 Å². The molecule has 3 N–H and O–H groups in total. The molecule has 0 bridgehead atoms. The Labute approximate surface area is 235 Å². The van der Waals surface area contributed by atoms with Crippen LogP contribution in [0.5, 0.6) is 5.75 Å². The smallest absolute Gasteiger partial charge is 0.326 e. The molecule has 1 atom stereocenters. The molecule has 40 heavy (non-hydrogen) atoms. The second-order valence-corrected chi connectivity index (χ2v) is 9.97. The van der Waals surface area contributed by atoms with Gasteiger partial charge in [0.05, 0.1) is 6.42 Å². The van der Waals surface area contributed by atoms with Gasteiger partial charge in [-0.15, -0.1) is 0 Å². The van der Waals surface area contributed by atoms with E-state index >= 15 is 0 Å². The molecule has 1 aromatic carbocycles. The van der Waals surface area contributed by atoms with Crippen molar-refractivity contribution in [2.45, 2.75) is 51.0 Å². The first-order chi connectivity index (χ1) is 19.6. The van der Waals surface area contributed by atoms with Gasteiger partial charge in [-0.05, 0) is 74.4 Å². The molecule has 1 amide bonds. The number of hydrogen-bond acceptors (Lipinski definition) is 8. The van der Waals surface area contributed by atoms with E-state index in [1.165, 1.54) is 11.9 Å². The van der Waals surface area contributed by atoms with Crippen LogP contribution in [-0.4, -0.2) is 75.7 Å². The Morgan fingerprint density at radius 1 is 1.05 bits per heavy atom. The van der Waals surface area contributed by atoms with Crippen LogP contribution in [0.3, 0.4) is 0 Å². The predicted octanol–water partition coefficient (Wildman–Crippen LogP) is 3.14. The molecule has 1 aliphatic rings. The maximum atomic E-state index is 12.5. The zero-order valence-electron chi connectivity index (χ0n) is 22.8. The molecule has 0 spiro atoms. The van der Waals surface area contributed by atoms with Crippen LogP contribution in [0, 0.1) is 0 Å². The molecule has 0 aliphatic carbocycles. The van der Waals surface area contributed by atoms with Crippen LogP contribution in [0.1, 0.15) is 42.5 Å². The molecular formula is C30H38N6O4. The number of carboxylic acid groups (broad SMARTS) is 1. The van der Waals surface area contributed by atoms with Gasteiger partial charge in [-0.3, -0.25) is 9.69 Å². The van der Waals surface area contributed by atoms with Gasteiger partial charge in [-0.2, -0.15) is 0 Å². The fourth-order valence-corrected chi connectivity index (χ4v) is 4.72. The number of pyridine rings is 1. The summed E-state index contributed by atoms with van der Waals surface area (Å²) in [4.78, 5) is 39.2. The first-order valence-electron chi connectivity index (χ1n) is 14.0. The number of carbonyl (C=O) groups is 2. The number of fused-ring (bicyclic) bond motifs is 1. The Hall–Kier alpha value is -4.05. The standard InChI is InChI=1S/C30H38N6O4/c37-28(19-23-20-31-22-32-21-23)35-27(30(38)39)13-16-36(17-18-40-26-9-2-1-3-10-26)15-5-4-8-25-12-11-24-7-6-14-33-29(24)34-25/h1-3,9-12,20-22,27H,4-8,13-19H2,(H,33,34)(H,35,37)(H,38,39). The van der Waals surface area contributed by atoms with Gasteiger partial charge in [-0.25, -0.2) is 19.7 Å². The number of nitrogens with one attached hydrogen (secondary N) is 2. The van der Waals surface area contributed by atoms with Gasteiger partial charge in [-0.1, -0.05) is 24.3 Å². The number of unbranched alkanes of at least 4 members (excludes halogenated alkanes) is 1. The van der Waals surface area contributed by atoms with Crippen LogP contribution in [0.4, 0.5) is 5.82 Å². The van der Waals surface area contributed by atoms with E-state index in [1.54, 1.807) is 12.4 Å². The largest absolute Gasteiger partial charge is 0.492 e. The molecule has 2 aromatic heterocycles. The number of nitrogens with zero attached hydrogens (tertiary/aromatic N) is 4. The Bertz CT molecular complexity index is 1210. The van der Waals surface area contributed by atoms with Gasteiger partial charge < -0.3 is 20.5 Å². The number of carboxylic acids is 1. The summed E-state index contributed by atoms with van der Waals surface area (Å²) in [6.45, 7) is 3.42. The number of amides is 1. The first-order valence-corrected chi connectivity index (χ1v) is 14.0. The van der Waals surface area contributed by atoms with Crippen LogP contribution in [0.25, 0.3) is 0 Å². The summed E-state index contributed by atoms with van der Waals surface area (Å²) in [7, 11) is 0. The summed E-state index contributed by atoms with van der Waals surface area (Å²) in [6.07, 6.45) is 9.83. The number of para-hydroxylation sites is 1. The van der Waals surface area contributed by atoms with Gasteiger partial charge >= 0.3 is 5.97 Å². The average Bonchev–Trinajstić information content (AvgIpc) is 2.97. The minimum Gasteiger partial charge on any atom is -0.492 e. The van der Waals surface area contributed by atoms with Crippen molar-refractivity contribution >= 4 is 17.7 Å². The number of anilines is 1. The molecule has 0 saturated carbocycles. The van der Waals surface area contributed by atoms with E-state index in [2.05, 4.69) is 37.6 Å². The van der Waals surface area contributed by atoms with E-state index in [0.717, 1.165) is 62.5 Å². The topological polar surface area (TPSA) is 130 Å². The third-order valence-electron chi connectivity index (χ3n) is 6.87. The van der Waals surface area contributed by atoms with Crippen molar-refractivity contribution in [3.63, 3.8) is 0 Å². The number of rotatable bonds is 16. The maximum absolute atomic E-state index is 12.5. The summed E-state index contributed by atoms with van der Waals surface area (Å²) in [6, 6.07) is 13.0. The molecule has 10 nitrogen and oxygen atoms in total. The highest BCUT2D eigenvalue weighted by atomic mass is 16.5. The number of hydrogen-bond donors (Lipinski definition) is 3. The summed E-state index contributed by atoms with van der Waals surface area (Å²) in [5.74, 6) is 0.401. The van der Waals surface area contributed by atoms with Crippen molar-refractivity contribution in [3.8, 4) is 5.75 Å². The average molecular weight is 547 g/mol. The van der Waals surface area contributed by atoms with Crippen LogP contribution in [0.15, 0.2) is 61.2 Å². The van der Waals surface area contributed by atoms with E-state index in [9.17, 15) is 14.7 Å². The summed E-state index contributed by atoms with van der Waals surface area (Å²) >= 11 is 0. The Kier molecular flexibility index (Phi) is 11.2. The summed E-state index contributed by atoms with van der Waals surface area (Å²) < 4.78 is 5.89. The lowest BCUT2D eigenvalue weighted by Gasteiger charge is -2.24. The molecule has 1 aliphatic heterocycles. The summed E-state index contributed by atoms with van der Waals surface area (Å²) in [5, 5.41) is 15.8. The number of carbonyl (C=O) groups excluding carboxylic acids is 1. The Morgan fingerprint density at radius 2 is 1.88 bits per heavy atom. The van der Waals surface area contributed by atoms with Gasteiger partial charge in [0.1, 0.15) is 30.5 Å². The van der Waals surface area contributed by atoms with Gasteiger partial charge in [0.2, 0.25) is 5.91 Å². The van der Waals surface area contributed by atoms with Crippen molar-refractivity contribution in [2.24, 2.45) is 0 Å². The minimum absolute atomic E-state index is 0.0332. The highest BCUT2D eigenvalue weighted by Gasteiger charge is 2.21. The number of ether oxygens (including phenoxy) is 1. The van der Waals surface area contributed by atoms with E-state index in [1.807, 2.05) is 30.3 Å². The highest BCUT2D eigenvalue weighted by molar-refractivity contribution is 5.84. The van der Waals surface area contributed by atoms with Crippen LogP contribution in [0.2, 0.25) is 0 Å². The van der Waals surface area contributed by atoms with Crippen LogP contribution in [-0.2, 0) is 28.9 Å². The Morgan fingerprint density at radius 3 is 2.67 bits per heavy atom. The van der Waals surface area contributed by atoms with Crippen LogP contribution < -0.4 is 15.4 Å². The molecule has 4 rings (SSSR count). The molecule has 0 radical (unpaired) electrons. The maximum Gasteiger partial charge on any atom is 0.326 e. The van der Waals surface area contributed by atoms with E-state index < -0.39 is 12.0 Å². The molecule has 3 heterocycles. The minimum atomic E-state index is -1.05. The van der Waals surface area contributed by atoms with Crippen molar-refractivity contribution in [3.05, 3.63) is 78.0 Å². The van der Waals surface area contributed by atoms with Crippen molar-refractivity contribution < 1.29 is 19.4 Å². The first kappa shape index (κ1) is 28.9.